The van der Waals surface area contributed by atoms with Crippen LogP contribution in [0.25, 0.3) is 0 Å². The van der Waals surface area contributed by atoms with Crippen LogP contribution < -0.4 is 4.74 Å². The van der Waals surface area contributed by atoms with Gasteiger partial charge in [-0.3, -0.25) is 14.5 Å². The van der Waals surface area contributed by atoms with Crippen molar-refractivity contribution in [2.45, 2.75) is 32.5 Å². The lowest BCUT2D eigenvalue weighted by Crippen LogP contribution is -2.49. The van der Waals surface area contributed by atoms with Gasteiger partial charge in [0, 0.05) is 44.2 Å². The van der Waals surface area contributed by atoms with Crippen molar-refractivity contribution >= 4 is 23.5 Å². The van der Waals surface area contributed by atoms with Crippen molar-refractivity contribution < 1.29 is 23.8 Å². The molecule has 0 N–H and O–H groups in total. The van der Waals surface area contributed by atoms with Crippen LogP contribution in [0.5, 0.6) is 5.75 Å². The summed E-state index contributed by atoms with van der Waals surface area (Å²) in [6, 6.07) is 15.6. The Balaban J connectivity index is 1.56. The molecule has 0 radical (unpaired) electrons. The minimum atomic E-state index is -0.325. The van der Waals surface area contributed by atoms with E-state index in [0.717, 1.165) is 30.0 Å². The third kappa shape index (κ3) is 8.01. The number of esters is 1. The van der Waals surface area contributed by atoms with Gasteiger partial charge in [-0.2, -0.15) is 0 Å². The van der Waals surface area contributed by atoms with Crippen LogP contribution in [-0.2, 0) is 25.7 Å². The summed E-state index contributed by atoms with van der Waals surface area (Å²) in [4.78, 5) is 28.1. The van der Waals surface area contributed by atoms with Crippen LogP contribution >= 0.6 is 11.6 Å². The van der Waals surface area contributed by atoms with E-state index >= 15 is 0 Å². The third-order valence-electron chi connectivity index (χ3n) is 5.82. The molecule has 34 heavy (non-hydrogen) atoms. The Hall–Kier alpha value is -2.61. The normalized spacial score (nSPS) is 15.1. The van der Waals surface area contributed by atoms with E-state index in [1.54, 1.807) is 14.0 Å². The largest absolute Gasteiger partial charge is 0.497 e. The summed E-state index contributed by atoms with van der Waals surface area (Å²) in [7, 11) is 1.65. The van der Waals surface area contributed by atoms with E-state index in [0.29, 0.717) is 37.9 Å². The molecule has 1 heterocycles. The van der Waals surface area contributed by atoms with Crippen LogP contribution in [0.1, 0.15) is 37.0 Å². The molecule has 1 aliphatic heterocycles. The summed E-state index contributed by atoms with van der Waals surface area (Å²) in [5, 5.41) is 0.685. The van der Waals surface area contributed by atoms with Crippen LogP contribution in [0.15, 0.2) is 48.5 Å². The van der Waals surface area contributed by atoms with Crippen LogP contribution in [-0.4, -0.2) is 68.1 Å². The number of hydrogen-bond acceptors (Lipinski definition) is 6. The van der Waals surface area contributed by atoms with Gasteiger partial charge >= 0.3 is 5.97 Å². The van der Waals surface area contributed by atoms with E-state index in [1.807, 2.05) is 53.4 Å². The van der Waals surface area contributed by atoms with Gasteiger partial charge in [-0.15, -0.1) is 0 Å². The van der Waals surface area contributed by atoms with Gasteiger partial charge < -0.3 is 19.1 Å². The second kappa shape index (κ2) is 13.3. The molecule has 8 heteroatoms. The number of methoxy groups -OCH3 is 1. The number of piperazine rings is 1. The number of hydrogen-bond donors (Lipinski definition) is 0. The molecule has 1 aliphatic rings. The highest BCUT2D eigenvalue weighted by Crippen LogP contribution is 2.24. The molecular weight excluding hydrogens is 456 g/mol. The number of ether oxygens (including phenoxy) is 3. The molecule has 1 fully saturated rings. The first-order valence-corrected chi connectivity index (χ1v) is 12.0. The molecule has 1 saturated heterocycles. The lowest BCUT2D eigenvalue weighted by Gasteiger charge is -2.36. The summed E-state index contributed by atoms with van der Waals surface area (Å²) in [5.74, 6) is 0.470. The van der Waals surface area contributed by atoms with Gasteiger partial charge in [-0.25, -0.2) is 0 Å². The van der Waals surface area contributed by atoms with Gasteiger partial charge in [0.1, 0.15) is 5.75 Å². The van der Waals surface area contributed by atoms with E-state index in [9.17, 15) is 9.59 Å². The van der Waals surface area contributed by atoms with Crippen molar-refractivity contribution in [3.05, 3.63) is 64.7 Å². The van der Waals surface area contributed by atoms with Gasteiger partial charge in [0.15, 0.2) is 0 Å². The van der Waals surface area contributed by atoms with E-state index < -0.39 is 0 Å². The molecular formula is C26H33ClN2O5. The standard InChI is InChI=1S/C26H33ClN2O5/c1-3-33-26(31)12-11-25(30)29-15-13-28(14-16-29)18-24(21-7-9-22(27)10-8-21)34-19-20-5-4-6-23(17-20)32-2/h4-10,17,24H,3,11-16,18-19H2,1-2H3. The molecule has 2 aromatic rings. The number of rotatable bonds is 11. The molecule has 0 aromatic heterocycles. The zero-order chi connectivity index (χ0) is 24.3. The highest BCUT2D eigenvalue weighted by molar-refractivity contribution is 6.30. The molecule has 0 spiro atoms. The highest BCUT2D eigenvalue weighted by atomic mass is 35.5. The van der Waals surface area contributed by atoms with E-state index in [-0.39, 0.29) is 30.8 Å². The number of carbonyl (C=O) groups is 2. The average molecular weight is 489 g/mol. The SMILES string of the molecule is CCOC(=O)CCC(=O)N1CCN(CC(OCc2cccc(OC)c2)c2ccc(Cl)cc2)CC1. The van der Waals surface area contributed by atoms with Crippen molar-refractivity contribution in [1.29, 1.82) is 0 Å². The van der Waals surface area contributed by atoms with Crippen molar-refractivity contribution in [3.63, 3.8) is 0 Å². The maximum absolute atomic E-state index is 12.5. The quantitative estimate of drug-likeness (QED) is 0.444. The summed E-state index contributed by atoms with van der Waals surface area (Å²) in [6.45, 7) is 6.01. The maximum Gasteiger partial charge on any atom is 0.306 e. The Bertz CT molecular complexity index is 929. The lowest BCUT2D eigenvalue weighted by atomic mass is 10.1. The van der Waals surface area contributed by atoms with E-state index in [2.05, 4.69) is 4.90 Å². The Kier molecular flexibility index (Phi) is 10.2. The van der Waals surface area contributed by atoms with Gasteiger partial charge in [0.05, 0.1) is 32.8 Å². The lowest BCUT2D eigenvalue weighted by molar-refractivity contribution is -0.146. The minimum absolute atomic E-state index is 0.00349. The van der Waals surface area contributed by atoms with E-state index in [1.165, 1.54) is 0 Å². The Morgan fingerprint density at radius 2 is 1.76 bits per heavy atom. The maximum atomic E-state index is 12.5. The first kappa shape index (κ1) is 26.0. The average Bonchev–Trinajstić information content (AvgIpc) is 2.86. The summed E-state index contributed by atoms with van der Waals surface area (Å²) in [6.07, 6.45) is 0.175. The second-order valence-corrected chi connectivity index (χ2v) is 8.63. The summed E-state index contributed by atoms with van der Waals surface area (Å²) in [5.41, 5.74) is 2.09. The predicted molar refractivity (Wildman–Crippen MR) is 131 cm³/mol. The minimum Gasteiger partial charge on any atom is -0.497 e. The van der Waals surface area contributed by atoms with Gasteiger partial charge in [-0.05, 0) is 42.3 Å². The third-order valence-corrected chi connectivity index (χ3v) is 6.08. The number of nitrogens with zero attached hydrogens (tertiary/aromatic N) is 2. The second-order valence-electron chi connectivity index (χ2n) is 8.19. The van der Waals surface area contributed by atoms with Crippen molar-refractivity contribution in [2.24, 2.45) is 0 Å². The van der Waals surface area contributed by atoms with Gasteiger partial charge in [0.2, 0.25) is 5.91 Å². The van der Waals surface area contributed by atoms with Crippen molar-refractivity contribution in [3.8, 4) is 5.75 Å². The molecule has 0 saturated carbocycles. The van der Waals surface area contributed by atoms with Gasteiger partial charge in [-0.1, -0.05) is 35.9 Å². The fourth-order valence-electron chi connectivity index (χ4n) is 3.91. The first-order valence-electron chi connectivity index (χ1n) is 11.6. The monoisotopic (exact) mass is 488 g/mol. The van der Waals surface area contributed by atoms with Crippen LogP contribution in [0.4, 0.5) is 0 Å². The molecule has 0 bridgehead atoms. The smallest absolute Gasteiger partial charge is 0.306 e. The highest BCUT2D eigenvalue weighted by Gasteiger charge is 2.24. The number of benzene rings is 2. The fraction of sp³-hybridized carbons (Fsp3) is 0.462. The first-order chi connectivity index (χ1) is 16.5. The molecule has 0 aliphatic carbocycles. The molecule has 1 atom stereocenters. The summed E-state index contributed by atoms with van der Waals surface area (Å²) >= 11 is 6.09. The molecule has 184 valence electrons. The predicted octanol–water partition coefficient (Wildman–Crippen LogP) is 4.09. The molecule has 7 nitrogen and oxygen atoms in total. The number of halogens is 1. The zero-order valence-electron chi connectivity index (χ0n) is 19.9. The van der Waals surface area contributed by atoms with Crippen molar-refractivity contribution in [2.75, 3.05) is 46.4 Å². The molecule has 1 unspecified atom stereocenters. The van der Waals surface area contributed by atoms with Crippen LogP contribution in [0, 0.1) is 0 Å². The molecule has 3 rings (SSSR count). The number of carbonyl (C=O) groups excluding carboxylic acids is 2. The van der Waals surface area contributed by atoms with Gasteiger partial charge in [0.25, 0.3) is 0 Å². The van der Waals surface area contributed by atoms with Crippen LogP contribution in [0.3, 0.4) is 0 Å². The Labute approximate surface area is 206 Å². The topological polar surface area (TPSA) is 68.3 Å². The summed E-state index contributed by atoms with van der Waals surface area (Å²) < 4.78 is 16.6. The zero-order valence-corrected chi connectivity index (χ0v) is 20.6. The Morgan fingerprint density at radius 1 is 1.03 bits per heavy atom. The Morgan fingerprint density at radius 3 is 2.44 bits per heavy atom. The van der Waals surface area contributed by atoms with Crippen molar-refractivity contribution in [1.82, 2.24) is 9.80 Å². The van der Waals surface area contributed by atoms with E-state index in [4.69, 9.17) is 25.8 Å². The fourth-order valence-corrected chi connectivity index (χ4v) is 4.03. The molecule has 1 amide bonds. The molecule has 2 aromatic carbocycles. The van der Waals surface area contributed by atoms with Crippen LogP contribution in [0.2, 0.25) is 5.02 Å². The number of amides is 1.